The number of amides is 1. The first-order chi connectivity index (χ1) is 12.9. The van der Waals surface area contributed by atoms with Crippen LogP contribution < -0.4 is 0 Å². The molecule has 5 nitrogen and oxygen atoms in total. The first kappa shape index (κ1) is 17.7. The van der Waals surface area contributed by atoms with Crippen LogP contribution in [0.15, 0.2) is 35.0 Å². The Hall–Kier alpha value is -2.69. The molecule has 1 aliphatic heterocycles. The van der Waals surface area contributed by atoms with Gasteiger partial charge in [-0.3, -0.25) is 4.79 Å². The topological polar surface area (TPSA) is 59.2 Å². The van der Waals surface area contributed by atoms with E-state index in [-0.39, 0.29) is 17.9 Å². The molecule has 1 aromatic carbocycles. The van der Waals surface area contributed by atoms with E-state index in [2.05, 4.69) is 56.0 Å². The number of hydrogen-bond acceptors (Lipinski definition) is 4. The molecule has 4 rings (SSSR count). The summed E-state index contributed by atoms with van der Waals surface area (Å²) in [5, 5.41) is 4.94. The number of fused-ring (bicyclic) bond motifs is 1. The molecule has 2 aromatic heterocycles. The Morgan fingerprint density at radius 2 is 1.93 bits per heavy atom. The molecule has 140 valence electrons. The lowest BCUT2D eigenvalue weighted by molar-refractivity contribution is 0.0735. The van der Waals surface area contributed by atoms with Crippen molar-refractivity contribution in [2.45, 2.75) is 52.5 Å². The first-order valence-corrected chi connectivity index (χ1v) is 9.58. The van der Waals surface area contributed by atoms with Gasteiger partial charge in [0.25, 0.3) is 11.6 Å². The molecular weight excluding hydrogens is 338 g/mol. The van der Waals surface area contributed by atoms with Gasteiger partial charge < -0.3 is 9.42 Å². The van der Waals surface area contributed by atoms with Crippen LogP contribution in [-0.2, 0) is 0 Å². The van der Waals surface area contributed by atoms with Gasteiger partial charge in [-0.15, -0.1) is 0 Å². The van der Waals surface area contributed by atoms with E-state index in [9.17, 15) is 4.79 Å². The average molecular weight is 363 g/mol. The molecule has 0 saturated carbocycles. The summed E-state index contributed by atoms with van der Waals surface area (Å²) in [4.78, 5) is 19.6. The van der Waals surface area contributed by atoms with Crippen LogP contribution in [0.4, 0.5) is 0 Å². The molecular formula is C22H25N3O2. The standard InChI is InChI=1S/C22H25N3O2/c1-13(2)20-18-11-17(12-23-21(18)27-24-20)22(26)25-7-5-6-19(25)16-9-14(3)8-15(4)10-16/h8-13,19H,5-7H2,1-4H3. The van der Waals surface area contributed by atoms with E-state index in [1.165, 1.54) is 16.7 Å². The maximum absolute atomic E-state index is 13.3. The minimum atomic E-state index is 0.0296. The van der Waals surface area contributed by atoms with Gasteiger partial charge in [0.2, 0.25) is 0 Å². The van der Waals surface area contributed by atoms with E-state index in [1.54, 1.807) is 6.20 Å². The minimum Gasteiger partial charge on any atom is -0.336 e. The number of aryl methyl sites for hydroxylation is 2. The number of nitrogens with zero attached hydrogens (tertiary/aromatic N) is 3. The lowest BCUT2D eigenvalue weighted by Crippen LogP contribution is -2.30. The number of carbonyl (C=O) groups excluding carboxylic acids is 1. The summed E-state index contributed by atoms with van der Waals surface area (Å²) in [5.74, 6) is 0.246. The van der Waals surface area contributed by atoms with E-state index in [0.29, 0.717) is 11.3 Å². The number of rotatable bonds is 3. The smallest absolute Gasteiger partial charge is 0.257 e. The third-order valence-electron chi connectivity index (χ3n) is 5.29. The summed E-state index contributed by atoms with van der Waals surface area (Å²) in [7, 11) is 0. The normalized spacial score (nSPS) is 17.2. The maximum Gasteiger partial charge on any atom is 0.257 e. The molecule has 0 radical (unpaired) electrons. The van der Waals surface area contributed by atoms with Crippen molar-refractivity contribution in [3.8, 4) is 0 Å². The summed E-state index contributed by atoms with van der Waals surface area (Å²) in [6.45, 7) is 9.10. The summed E-state index contributed by atoms with van der Waals surface area (Å²) < 4.78 is 5.30. The van der Waals surface area contributed by atoms with Crippen molar-refractivity contribution in [3.63, 3.8) is 0 Å². The zero-order valence-corrected chi connectivity index (χ0v) is 16.3. The molecule has 1 unspecified atom stereocenters. The fraction of sp³-hybridized carbons (Fsp3) is 0.409. The molecule has 3 heterocycles. The number of pyridine rings is 1. The molecule has 0 spiro atoms. The van der Waals surface area contributed by atoms with Gasteiger partial charge in [-0.05, 0) is 44.2 Å². The molecule has 3 aromatic rings. The van der Waals surface area contributed by atoms with Gasteiger partial charge in [0.1, 0.15) is 0 Å². The molecule has 1 amide bonds. The van der Waals surface area contributed by atoms with Crippen LogP contribution >= 0.6 is 0 Å². The van der Waals surface area contributed by atoms with Gasteiger partial charge in [-0.25, -0.2) is 4.98 Å². The second kappa shape index (κ2) is 6.80. The highest BCUT2D eigenvalue weighted by atomic mass is 16.5. The largest absolute Gasteiger partial charge is 0.336 e. The number of hydrogen-bond donors (Lipinski definition) is 0. The van der Waals surface area contributed by atoms with Crippen molar-refractivity contribution in [1.29, 1.82) is 0 Å². The quantitative estimate of drug-likeness (QED) is 0.661. The highest BCUT2D eigenvalue weighted by Crippen LogP contribution is 2.34. The van der Waals surface area contributed by atoms with Crippen LogP contribution in [0.1, 0.15) is 71.4 Å². The van der Waals surface area contributed by atoms with Gasteiger partial charge >= 0.3 is 0 Å². The van der Waals surface area contributed by atoms with Crippen LogP contribution in [0.25, 0.3) is 11.1 Å². The zero-order chi connectivity index (χ0) is 19.1. The van der Waals surface area contributed by atoms with Crippen LogP contribution in [0.3, 0.4) is 0 Å². The Morgan fingerprint density at radius 3 is 2.63 bits per heavy atom. The van der Waals surface area contributed by atoms with E-state index in [1.807, 2.05) is 11.0 Å². The molecule has 0 aliphatic carbocycles. The van der Waals surface area contributed by atoms with Crippen LogP contribution in [0, 0.1) is 13.8 Å². The third-order valence-corrected chi connectivity index (χ3v) is 5.29. The summed E-state index contributed by atoms with van der Waals surface area (Å²) >= 11 is 0. The predicted octanol–water partition coefficient (Wildman–Crippen LogP) is 4.94. The van der Waals surface area contributed by atoms with Crippen LogP contribution in [0.2, 0.25) is 0 Å². The summed E-state index contributed by atoms with van der Waals surface area (Å²) in [6.07, 6.45) is 3.62. The predicted molar refractivity (Wildman–Crippen MR) is 105 cm³/mol. The summed E-state index contributed by atoms with van der Waals surface area (Å²) in [5.41, 5.74) is 5.63. The van der Waals surface area contributed by atoms with Crippen molar-refractivity contribution in [1.82, 2.24) is 15.0 Å². The number of benzene rings is 1. The van der Waals surface area contributed by atoms with Crippen molar-refractivity contribution < 1.29 is 9.32 Å². The lowest BCUT2D eigenvalue weighted by atomic mass is 9.99. The van der Waals surface area contributed by atoms with Gasteiger partial charge in [-0.2, -0.15) is 0 Å². The summed E-state index contributed by atoms with van der Waals surface area (Å²) in [6, 6.07) is 8.57. The number of carbonyl (C=O) groups is 1. The fourth-order valence-corrected chi connectivity index (χ4v) is 4.11. The fourth-order valence-electron chi connectivity index (χ4n) is 4.11. The van der Waals surface area contributed by atoms with E-state index in [4.69, 9.17) is 4.52 Å². The van der Waals surface area contributed by atoms with Gasteiger partial charge in [0, 0.05) is 12.7 Å². The second-order valence-electron chi connectivity index (χ2n) is 7.88. The minimum absolute atomic E-state index is 0.0296. The van der Waals surface area contributed by atoms with Crippen molar-refractivity contribution in [2.24, 2.45) is 0 Å². The SMILES string of the molecule is Cc1cc(C)cc(C2CCCN2C(=O)c2cnc3onc(C(C)C)c3c2)c1. The lowest BCUT2D eigenvalue weighted by Gasteiger charge is -2.25. The highest BCUT2D eigenvalue weighted by Gasteiger charge is 2.31. The second-order valence-corrected chi connectivity index (χ2v) is 7.88. The van der Waals surface area contributed by atoms with Crippen molar-refractivity contribution in [3.05, 3.63) is 58.4 Å². The molecule has 1 atom stereocenters. The highest BCUT2D eigenvalue weighted by molar-refractivity contribution is 5.97. The third kappa shape index (κ3) is 3.22. The maximum atomic E-state index is 13.3. The van der Waals surface area contributed by atoms with Gasteiger partial charge in [0.05, 0.1) is 22.7 Å². The molecule has 1 saturated heterocycles. The Kier molecular flexibility index (Phi) is 4.46. The van der Waals surface area contributed by atoms with Gasteiger partial charge in [0.15, 0.2) is 0 Å². The Bertz CT molecular complexity index is 986. The Labute approximate surface area is 159 Å². The van der Waals surface area contributed by atoms with Crippen molar-refractivity contribution >= 4 is 17.0 Å². The molecule has 0 bridgehead atoms. The van der Waals surface area contributed by atoms with Crippen molar-refractivity contribution in [2.75, 3.05) is 6.54 Å². The molecule has 1 aliphatic rings. The number of likely N-dealkylation sites (tertiary alicyclic amines) is 1. The number of aromatic nitrogens is 2. The van der Waals surface area contributed by atoms with E-state index < -0.39 is 0 Å². The van der Waals surface area contributed by atoms with Gasteiger partial charge in [-0.1, -0.05) is 48.3 Å². The molecule has 0 N–H and O–H groups in total. The Morgan fingerprint density at radius 1 is 1.19 bits per heavy atom. The first-order valence-electron chi connectivity index (χ1n) is 9.58. The zero-order valence-electron chi connectivity index (χ0n) is 16.3. The van der Waals surface area contributed by atoms with E-state index >= 15 is 0 Å². The monoisotopic (exact) mass is 363 g/mol. The molecule has 5 heteroatoms. The Balaban J connectivity index is 1.69. The molecule has 27 heavy (non-hydrogen) atoms. The van der Waals surface area contributed by atoms with Crippen LogP contribution in [-0.4, -0.2) is 27.5 Å². The molecule has 1 fully saturated rings. The van der Waals surface area contributed by atoms with E-state index in [0.717, 1.165) is 30.5 Å². The van der Waals surface area contributed by atoms with Crippen LogP contribution in [0.5, 0.6) is 0 Å². The average Bonchev–Trinajstić information content (AvgIpc) is 3.26.